The Morgan fingerprint density at radius 2 is 2.39 bits per heavy atom. The van der Waals surface area contributed by atoms with Crippen LogP contribution in [-0.4, -0.2) is 32.9 Å². The number of hydrogen-bond donors (Lipinski definition) is 3. The SMILES string of the molecule is CSCC(C)CNc1nc(NN)cn2ccnc12. The van der Waals surface area contributed by atoms with Crippen LogP contribution in [0.3, 0.4) is 0 Å². The highest BCUT2D eigenvalue weighted by Gasteiger charge is 2.08. The average Bonchev–Trinajstić information content (AvgIpc) is 2.84. The molecule has 7 heteroatoms. The number of hydrazine groups is 1. The van der Waals surface area contributed by atoms with E-state index >= 15 is 0 Å². The zero-order valence-corrected chi connectivity index (χ0v) is 11.4. The molecule has 2 aromatic rings. The molecule has 0 bridgehead atoms. The second-order valence-electron chi connectivity index (χ2n) is 4.22. The summed E-state index contributed by atoms with van der Waals surface area (Å²) < 4.78 is 1.89. The van der Waals surface area contributed by atoms with E-state index in [4.69, 9.17) is 5.84 Å². The van der Waals surface area contributed by atoms with E-state index in [1.807, 2.05) is 22.4 Å². The van der Waals surface area contributed by atoms with Gasteiger partial charge in [-0.05, 0) is 17.9 Å². The van der Waals surface area contributed by atoms with Gasteiger partial charge in [-0.2, -0.15) is 11.8 Å². The summed E-state index contributed by atoms with van der Waals surface area (Å²) in [5, 5.41) is 3.33. The van der Waals surface area contributed by atoms with Gasteiger partial charge in [0.05, 0.1) is 6.20 Å². The number of nitrogens with zero attached hydrogens (tertiary/aromatic N) is 3. The number of imidazole rings is 1. The molecule has 0 aliphatic carbocycles. The smallest absolute Gasteiger partial charge is 0.180 e. The molecule has 18 heavy (non-hydrogen) atoms. The maximum atomic E-state index is 5.40. The van der Waals surface area contributed by atoms with Crippen LogP contribution in [-0.2, 0) is 0 Å². The molecule has 4 N–H and O–H groups in total. The van der Waals surface area contributed by atoms with Crippen LogP contribution >= 0.6 is 11.8 Å². The van der Waals surface area contributed by atoms with Crippen molar-refractivity contribution in [2.24, 2.45) is 11.8 Å². The molecule has 0 aliphatic heterocycles. The van der Waals surface area contributed by atoms with Crippen LogP contribution in [0.15, 0.2) is 18.6 Å². The first kappa shape index (κ1) is 13.0. The first-order valence-electron chi connectivity index (χ1n) is 5.77. The Morgan fingerprint density at radius 1 is 1.56 bits per heavy atom. The second-order valence-corrected chi connectivity index (χ2v) is 5.13. The largest absolute Gasteiger partial charge is 0.367 e. The molecule has 0 fully saturated rings. The van der Waals surface area contributed by atoms with E-state index in [9.17, 15) is 0 Å². The lowest BCUT2D eigenvalue weighted by Crippen LogP contribution is -2.16. The molecule has 0 radical (unpaired) electrons. The normalized spacial score (nSPS) is 12.6. The van der Waals surface area contributed by atoms with Gasteiger partial charge in [-0.1, -0.05) is 6.92 Å². The van der Waals surface area contributed by atoms with Gasteiger partial charge in [-0.15, -0.1) is 0 Å². The van der Waals surface area contributed by atoms with E-state index in [0.717, 1.165) is 23.8 Å². The number of fused-ring (bicyclic) bond motifs is 1. The fourth-order valence-electron chi connectivity index (χ4n) is 1.73. The molecule has 0 aromatic carbocycles. The van der Waals surface area contributed by atoms with Crippen molar-refractivity contribution in [3.63, 3.8) is 0 Å². The summed E-state index contributed by atoms with van der Waals surface area (Å²) in [5.74, 6) is 8.46. The highest BCUT2D eigenvalue weighted by Crippen LogP contribution is 2.16. The lowest BCUT2D eigenvalue weighted by molar-refractivity contribution is 0.699. The topological polar surface area (TPSA) is 80.3 Å². The highest BCUT2D eigenvalue weighted by molar-refractivity contribution is 7.98. The lowest BCUT2D eigenvalue weighted by Gasteiger charge is -2.13. The van der Waals surface area contributed by atoms with Crippen LogP contribution in [0.5, 0.6) is 0 Å². The van der Waals surface area contributed by atoms with Crippen molar-refractivity contribution >= 4 is 29.0 Å². The predicted molar refractivity (Wildman–Crippen MR) is 76.8 cm³/mol. The van der Waals surface area contributed by atoms with E-state index in [2.05, 4.69) is 33.9 Å². The van der Waals surface area contributed by atoms with Crippen LogP contribution in [0.4, 0.5) is 11.6 Å². The molecule has 1 unspecified atom stereocenters. The van der Waals surface area contributed by atoms with Crippen LogP contribution in [0.25, 0.3) is 5.65 Å². The molecule has 0 saturated carbocycles. The Labute approximate surface area is 110 Å². The van der Waals surface area contributed by atoms with Crippen molar-refractivity contribution in [3.05, 3.63) is 18.6 Å². The maximum Gasteiger partial charge on any atom is 0.180 e. The Morgan fingerprint density at radius 3 is 3.11 bits per heavy atom. The zero-order chi connectivity index (χ0) is 13.0. The van der Waals surface area contributed by atoms with Crippen LogP contribution in [0.2, 0.25) is 0 Å². The predicted octanol–water partition coefficient (Wildman–Crippen LogP) is 1.43. The van der Waals surface area contributed by atoms with Crippen molar-refractivity contribution in [2.75, 3.05) is 29.3 Å². The standard InChI is InChI=1S/C11H18N6S/c1-8(7-18-2)5-14-10-11-13-3-4-17(11)6-9(15-10)16-12/h3-4,6,8,16H,5,7,12H2,1-2H3,(H,14,15). The number of hydrogen-bond acceptors (Lipinski definition) is 6. The third-order valence-electron chi connectivity index (χ3n) is 2.59. The van der Waals surface area contributed by atoms with E-state index in [1.165, 1.54) is 0 Å². The summed E-state index contributed by atoms with van der Waals surface area (Å²) in [6.07, 6.45) is 7.53. The molecule has 2 heterocycles. The summed E-state index contributed by atoms with van der Waals surface area (Å²) >= 11 is 1.84. The van der Waals surface area contributed by atoms with Gasteiger partial charge >= 0.3 is 0 Å². The quantitative estimate of drug-likeness (QED) is 0.542. The third-order valence-corrected chi connectivity index (χ3v) is 3.49. The van der Waals surface area contributed by atoms with Crippen molar-refractivity contribution in [2.45, 2.75) is 6.92 Å². The Hall–Kier alpha value is -1.47. The van der Waals surface area contributed by atoms with Gasteiger partial charge in [0.1, 0.15) is 0 Å². The average molecular weight is 266 g/mol. The van der Waals surface area contributed by atoms with Crippen LogP contribution in [0.1, 0.15) is 6.92 Å². The number of aromatic nitrogens is 3. The molecule has 0 spiro atoms. The monoisotopic (exact) mass is 266 g/mol. The minimum Gasteiger partial charge on any atom is -0.367 e. The van der Waals surface area contributed by atoms with Gasteiger partial charge in [0.15, 0.2) is 17.3 Å². The maximum absolute atomic E-state index is 5.40. The lowest BCUT2D eigenvalue weighted by atomic mass is 10.2. The van der Waals surface area contributed by atoms with Gasteiger partial charge in [0.25, 0.3) is 0 Å². The number of thioether (sulfide) groups is 1. The van der Waals surface area contributed by atoms with E-state index in [1.54, 1.807) is 12.4 Å². The summed E-state index contributed by atoms with van der Waals surface area (Å²) in [6, 6.07) is 0. The first-order chi connectivity index (χ1) is 8.74. The van der Waals surface area contributed by atoms with Gasteiger partial charge < -0.3 is 15.1 Å². The molecular weight excluding hydrogens is 248 g/mol. The van der Waals surface area contributed by atoms with Crippen LogP contribution in [0, 0.1) is 5.92 Å². The minimum absolute atomic E-state index is 0.575. The summed E-state index contributed by atoms with van der Waals surface area (Å²) in [7, 11) is 0. The highest BCUT2D eigenvalue weighted by atomic mass is 32.2. The number of anilines is 2. The Bertz CT molecular complexity index is 511. The molecular formula is C11H18N6S. The van der Waals surface area contributed by atoms with Gasteiger partial charge in [-0.3, -0.25) is 0 Å². The molecule has 1 atom stereocenters. The summed E-state index contributed by atoms with van der Waals surface area (Å²) in [5.41, 5.74) is 3.37. The molecule has 0 saturated heterocycles. The molecule has 98 valence electrons. The summed E-state index contributed by atoms with van der Waals surface area (Å²) in [4.78, 5) is 8.67. The van der Waals surface area contributed by atoms with E-state index in [0.29, 0.717) is 11.7 Å². The van der Waals surface area contributed by atoms with Crippen LogP contribution < -0.4 is 16.6 Å². The van der Waals surface area contributed by atoms with Gasteiger partial charge in [-0.25, -0.2) is 15.8 Å². The zero-order valence-electron chi connectivity index (χ0n) is 10.6. The molecule has 0 aliphatic rings. The Balaban J connectivity index is 2.18. The van der Waals surface area contributed by atoms with E-state index in [-0.39, 0.29) is 0 Å². The minimum atomic E-state index is 0.575. The third kappa shape index (κ3) is 2.85. The number of nitrogen functional groups attached to an aromatic ring is 1. The molecule has 6 nitrogen and oxygen atoms in total. The fraction of sp³-hybridized carbons (Fsp3) is 0.455. The first-order valence-corrected chi connectivity index (χ1v) is 7.17. The van der Waals surface area contributed by atoms with Crippen molar-refractivity contribution < 1.29 is 0 Å². The second kappa shape index (κ2) is 5.92. The van der Waals surface area contributed by atoms with E-state index < -0.39 is 0 Å². The van der Waals surface area contributed by atoms with Crippen molar-refractivity contribution in [1.82, 2.24) is 14.4 Å². The molecule has 2 rings (SSSR count). The molecule has 0 amide bonds. The van der Waals surface area contributed by atoms with Gasteiger partial charge in [0, 0.05) is 18.9 Å². The fourth-order valence-corrected chi connectivity index (χ4v) is 2.42. The number of nitrogens with one attached hydrogen (secondary N) is 2. The molecule has 2 aromatic heterocycles. The van der Waals surface area contributed by atoms with Gasteiger partial charge in [0.2, 0.25) is 0 Å². The van der Waals surface area contributed by atoms with Crippen molar-refractivity contribution in [3.8, 4) is 0 Å². The Kier molecular flexibility index (Phi) is 4.27. The summed E-state index contributed by atoms with van der Waals surface area (Å²) in [6.45, 7) is 3.07. The number of nitrogens with two attached hydrogens (primary N) is 1. The van der Waals surface area contributed by atoms with Crippen molar-refractivity contribution in [1.29, 1.82) is 0 Å². The number of rotatable bonds is 6.